The summed E-state index contributed by atoms with van der Waals surface area (Å²) in [4.78, 5) is 16.1. The van der Waals surface area contributed by atoms with Crippen molar-refractivity contribution in [1.29, 1.82) is 0 Å². The molecule has 25 heavy (non-hydrogen) atoms. The Hall–Kier alpha value is -2.17. The maximum Gasteiger partial charge on any atom is 0.445 e. The summed E-state index contributed by atoms with van der Waals surface area (Å²) < 4.78 is 39.7. The number of hydrogen-bond acceptors (Lipinski definition) is 6. The van der Waals surface area contributed by atoms with Gasteiger partial charge in [-0.15, -0.1) is 10.2 Å². The van der Waals surface area contributed by atoms with Crippen molar-refractivity contribution in [2.75, 3.05) is 31.1 Å². The molecule has 0 N–H and O–H groups in total. The van der Waals surface area contributed by atoms with Crippen molar-refractivity contribution in [3.8, 4) is 0 Å². The Morgan fingerprint density at radius 1 is 1.24 bits per heavy atom. The number of carbonyl (C=O) groups excluding carboxylic acids is 1. The van der Waals surface area contributed by atoms with Gasteiger partial charge in [-0.3, -0.25) is 9.48 Å². The predicted molar refractivity (Wildman–Crippen MR) is 85.5 cm³/mol. The van der Waals surface area contributed by atoms with Crippen molar-refractivity contribution >= 4 is 22.4 Å². The number of carbonyl (C=O) groups is 1. The zero-order valence-corrected chi connectivity index (χ0v) is 14.3. The minimum Gasteiger partial charge on any atom is -0.345 e. The number of aryl methyl sites for hydroxylation is 1. The summed E-state index contributed by atoms with van der Waals surface area (Å²) in [6, 6.07) is 1.68. The summed E-state index contributed by atoms with van der Waals surface area (Å²) >= 11 is 0.530. The third-order valence-electron chi connectivity index (χ3n) is 3.95. The van der Waals surface area contributed by atoms with Gasteiger partial charge >= 0.3 is 6.18 Å². The highest BCUT2D eigenvalue weighted by atomic mass is 32.1. The van der Waals surface area contributed by atoms with Gasteiger partial charge in [0.2, 0.25) is 10.1 Å². The SMILES string of the molecule is CCn1nccc1C(=O)N1CCCN(c2nnc(C(F)(F)F)s2)CC1. The second kappa shape index (κ2) is 6.98. The Kier molecular flexibility index (Phi) is 4.93. The first-order valence-corrected chi connectivity index (χ1v) is 8.68. The summed E-state index contributed by atoms with van der Waals surface area (Å²) in [5.41, 5.74) is 0.520. The summed E-state index contributed by atoms with van der Waals surface area (Å²) in [7, 11) is 0. The summed E-state index contributed by atoms with van der Waals surface area (Å²) in [6.45, 7) is 4.40. The molecule has 0 atom stereocenters. The van der Waals surface area contributed by atoms with Crippen LogP contribution in [0.15, 0.2) is 12.3 Å². The molecule has 0 spiro atoms. The van der Waals surface area contributed by atoms with Crippen LogP contribution >= 0.6 is 11.3 Å². The Balaban J connectivity index is 1.68. The third kappa shape index (κ3) is 3.75. The lowest BCUT2D eigenvalue weighted by Gasteiger charge is -2.21. The van der Waals surface area contributed by atoms with Gasteiger partial charge in [0.15, 0.2) is 0 Å². The molecule has 136 valence electrons. The van der Waals surface area contributed by atoms with Gasteiger partial charge in [-0.25, -0.2) is 0 Å². The number of rotatable bonds is 3. The van der Waals surface area contributed by atoms with Gasteiger partial charge in [0.25, 0.3) is 5.91 Å². The second-order valence-electron chi connectivity index (χ2n) is 5.55. The number of aromatic nitrogens is 4. The number of halogens is 3. The van der Waals surface area contributed by atoms with Crippen molar-refractivity contribution < 1.29 is 18.0 Å². The Labute approximate surface area is 146 Å². The largest absolute Gasteiger partial charge is 0.445 e. The molecule has 0 aromatic carbocycles. The van der Waals surface area contributed by atoms with Crippen LogP contribution in [0.2, 0.25) is 0 Å². The fourth-order valence-corrected chi connectivity index (χ4v) is 3.46. The summed E-state index contributed by atoms with van der Waals surface area (Å²) in [6.07, 6.45) is -2.25. The maximum atomic E-state index is 12.7. The van der Waals surface area contributed by atoms with Crippen LogP contribution in [0.3, 0.4) is 0 Å². The molecule has 1 fully saturated rings. The van der Waals surface area contributed by atoms with Crippen molar-refractivity contribution in [2.24, 2.45) is 0 Å². The first-order valence-electron chi connectivity index (χ1n) is 7.87. The van der Waals surface area contributed by atoms with E-state index in [0.29, 0.717) is 56.2 Å². The van der Waals surface area contributed by atoms with Gasteiger partial charge in [-0.1, -0.05) is 11.3 Å². The van der Waals surface area contributed by atoms with Crippen LogP contribution in [0.25, 0.3) is 0 Å². The van der Waals surface area contributed by atoms with Crippen molar-refractivity contribution in [2.45, 2.75) is 26.1 Å². The number of anilines is 1. The molecule has 1 saturated heterocycles. The van der Waals surface area contributed by atoms with Gasteiger partial charge in [-0.05, 0) is 19.4 Å². The quantitative estimate of drug-likeness (QED) is 0.823. The molecule has 1 aliphatic heterocycles. The van der Waals surface area contributed by atoms with Crippen LogP contribution in [0.4, 0.5) is 18.3 Å². The molecule has 0 unspecified atom stereocenters. The average Bonchev–Trinajstić information content (AvgIpc) is 3.18. The van der Waals surface area contributed by atoms with E-state index < -0.39 is 11.2 Å². The second-order valence-corrected chi connectivity index (χ2v) is 6.51. The van der Waals surface area contributed by atoms with Crippen LogP contribution in [-0.4, -0.2) is 57.0 Å². The van der Waals surface area contributed by atoms with Crippen LogP contribution in [0.5, 0.6) is 0 Å². The molecule has 7 nitrogen and oxygen atoms in total. The molecule has 2 aromatic heterocycles. The Morgan fingerprint density at radius 3 is 2.72 bits per heavy atom. The molecule has 0 saturated carbocycles. The summed E-state index contributed by atoms with van der Waals surface area (Å²) in [5, 5.41) is 10.3. The van der Waals surface area contributed by atoms with Crippen LogP contribution in [-0.2, 0) is 12.7 Å². The van der Waals surface area contributed by atoms with Crippen molar-refractivity contribution in [3.05, 3.63) is 23.0 Å². The third-order valence-corrected chi connectivity index (χ3v) is 4.97. The highest BCUT2D eigenvalue weighted by molar-refractivity contribution is 7.15. The monoisotopic (exact) mass is 374 g/mol. The molecule has 0 radical (unpaired) electrons. The van der Waals surface area contributed by atoms with Gasteiger partial charge in [0, 0.05) is 38.9 Å². The van der Waals surface area contributed by atoms with E-state index >= 15 is 0 Å². The zero-order chi connectivity index (χ0) is 18.0. The minimum atomic E-state index is -4.48. The van der Waals surface area contributed by atoms with E-state index in [0.717, 1.165) is 0 Å². The molecular weight excluding hydrogens is 357 g/mol. The molecule has 3 rings (SSSR count). The molecule has 1 aliphatic rings. The van der Waals surface area contributed by atoms with E-state index in [4.69, 9.17) is 0 Å². The average molecular weight is 374 g/mol. The van der Waals surface area contributed by atoms with E-state index in [1.54, 1.807) is 26.7 Å². The fraction of sp³-hybridized carbons (Fsp3) is 0.571. The van der Waals surface area contributed by atoms with Crippen molar-refractivity contribution in [3.63, 3.8) is 0 Å². The molecule has 1 amide bonds. The minimum absolute atomic E-state index is 0.116. The number of amides is 1. The van der Waals surface area contributed by atoms with Crippen LogP contribution < -0.4 is 4.90 Å². The number of alkyl halides is 3. The topological polar surface area (TPSA) is 67.2 Å². The molecular formula is C14H17F3N6OS. The Bertz CT molecular complexity index is 743. The standard InChI is InChI=1S/C14H17F3N6OS/c1-2-23-10(4-5-18-23)11(24)21-6-3-7-22(9-8-21)13-20-19-12(25-13)14(15,16)17/h4-5H,2-3,6-9H2,1H3. The lowest BCUT2D eigenvalue weighted by Crippen LogP contribution is -2.36. The van der Waals surface area contributed by atoms with E-state index in [1.165, 1.54) is 0 Å². The predicted octanol–water partition coefficient (Wildman–Crippen LogP) is 2.13. The molecule has 0 aliphatic carbocycles. The van der Waals surface area contributed by atoms with E-state index in [9.17, 15) is 18.0 Å². The Morgan fingerprint density at radius 2 is 2.04 bits per heavy atom. The lowest BCUT2D eigenvalue weighted by atomic mass is 10.3. The highest BCUT2D eigenvalue weighted by Gasteiger charge is 2.36. The van der Waals surface area contributed by atoms with E-state index in [2.05, 4.69) is 15.3 Å². The van der Waals surface area contributed by atoms with E-state index in [1.807, 2.05) is 6.92 Å². The smallest absolute Gasteiger partial charge is 0.345 e. The molecule has 0 bridgehead atoms. The van der Waals surface area contributed by atoms with Gasteiger partial charge < -0.3 is 9.80 Å². The van der Waals surface area contributed by atoms with Crippen LogP contribution in [0, 0.1) is 0 Å². The normalized spacial score (nSPS) is 16.2. The number of hydrogen-bond donors (Lipinski definition) is 0. The van der Waals surface area contributed by atoms with Gasteiger partial charge in [0.05, 0.1) is 0 Å². The van der Waals surface area contributed by atoms with E-state index in [-0.39, 0.29) is 11.0 Å². The first kappa shape index (κ1) is 17.6. The first-order chi connectivity index (χ1) is 11.9. The highest BCUT2D eigenvalue weighted by Crippen LogP contribution is 2.34. The summed E-state index contributed by atoms with van der Waals surface area (Å²) in [5.74, 6) is -0.116. The van der Waals surface area contributed by atoms with Gasteiger partial charge in [-0.2, -0.15) is 18.3 Å². The van der Waals surface area contributed by atoms with Gasteiger partial charge in [0.1, 0.15) is 5.69 Å². The zero-order valence-electron chi connectivity index (χ0n) is 13.5. The lowest BCUT2D eigenvalue weighted by molar-refractivity contribution is -0.138. The number of nitrogens with zero attached hydrogens (tertiary/aromatic N) is 6. The molecule has 3 heterocycles. The van der Waals surface area contributed by atoms with Crippen molar-refractivity contribution in [1.82, 2.24) is 24.9 Å². The maximum absolute atomic E-state index is 12.7. The van der Waals surface area contributed by atoms with Crippen LogP contribution in [0.1, 0.15) is 28.8 Å². The molecule has 2 aromatic rings. The fourth-order valence-electron chi connectivity index (χ4n) is 2.70. The molecule has 11 heteroatoms.